The Bertz CT molecular complexity index is 401. The van der Waals surface area contributed by atoms with Crippen molar-refractivity contribution in [3.05, 3.63) is 5.82 Å². The van der Waals surface area contributed by atoms with Crippen molar-refractivity contribution in [2.45, 2.75) is 31.8 Å². The summed E-state index contributed by atoms with van der Waals surface area (Å²) in [5.74, 6) is 0.993. The number of aromatic amines is 1. The zero-order valence-electron chi connectivity index (χ0n) is 7.99. The molecule has 80 valence electrons. The maximum Gasteiger partial charge on any atom is 0.298 e. The zero-order chi connectivity index (χ0) is 10.8. The van der Waals surface area contributed by atoms with Gasteiger partial charge in [0.25, 0.3) is 14.2 Å². The molecule has 0 amide bonds. The Hall–Kier alpha value is -0.620. The highest BCUT2D eigenvalue weighted by Crippen LogP contribution is 2.11. The van der Waals surface area contributed by atoms with E-state index in [4.69, 9.17) is 10.7 Å². The summed E-state index contributed by atoms with van der Waals surface area (Å²) in [7, 11) is 1.26. The van der Waals surface area contributed by atoms with Gasteiger partial charge in [-0.1, -0.05) is 20.3 Å². The van der Waals surface area contributed by atoms with Crippen LogP contribution >= 0.6 is 10.7 Å². The van der Waals surface area contributed by atoms with Crippen molar-refractivity contribution in [3.8, 4) is 0 Å². The molecule has 1 heterocycles. The van der Waals surface area contributed by atoms with Gasteiger partial charge in [0.05, 0.1) is 0 Å². The fourth-order valence-corrected chi connectivity index (χ4v) is 1.53. The molecule has 0 spiro atoms. The standard InChI is InChI=1S/C7H12ClN3O2S/c1-3-5(2)4-6-9-7(11-10-6)14(8,12)13/h5H,3-4H2,1-2H3,(H,9,10,11). The average molecular weight is 238 g/mol. The van der Waals surface area contributed by atoms with E-state index in [2.05, 4.69) is 29.0 Å². The molecule has 1 aromatic rings. The third kappa shape index (κ3) is 2.95. The first kappa shape index (κ1) is 11.5. The van der Waals surface area contributed by atoms with Gasteiger partial charge >= 0.3 is 0 Å². The monoisotopic (exact) mass is 237 g/mol. The number of rotatable bonds is 4. The summed E-state index contributed by atoms with van der Waals surface area (Å²) in [5, 5.41) is 5.72. The topological polar surface area (TPSA) is 75.7 Å². The van der Waals surface area contributed by atoms with Crippen LogP contribution in [-0.2, 0) is 15.5 Å². The summed E-state index contributed by atoms with van der Waals surface area (Å²) in [5.41, 5.74) is 0. The molecule has 1 atom stereocenters. The van der Waals surface area contributed by atoms with Gasteiger partial charge in [-0.3, -0.25) is 5.10 Å². The van der Waals surface area contributed by atoms with Gasteiger partial charge in [0, 0.05) is 17.1 Å². The fourth-order valence-electron chi connectivity index (χ4n) is 0.953. The largest absolute Gasteiger partial charge is 0.298 e. The predicted molar refractivity (Wildman–Crippen MR) is 52.6 cm³/mol. The minimum Gasteiger partial charge on any atom is -0.262 e. The summed E-state index contributed by atoms with van der Waals surface area (Å²) in [6, 6.07) is 0. The molecule has 0 aliphatic carbocycles. The lowest BCUT2D eigenvalue weighted by molar-refractivity contribution is 0.544. The highest BCUT2D eigenvalue weighted by atomic mass is 35.7. The first-order valence-electron chi connectivity index (χ1n) is 4.29. The van der Waals surface area contributed by atoms with E-state index in [-0.39, 0.29) is 5.16 Å². The van der Waals surface area contributed by atoms with Crippen LogP contribution in [0.1, 0.15) is 26.1 Å². The molecule has 0 aliphatic rings. The van der Waals surface area contributed by atoms with Gasteiger partial charge in [-0.15, -0.1) is 5.10 Å². The van der Waals surface area contributed by atoms with Crippen LogP contribution in [0.25, 0.3) is 0 Å². The fraction of sp³-hybridized carbons (Fsp3) is 0.714. The molecule has 1 N–H and O–H groups in total. The van der Waals surface area contributed by atoms with Crippen LogP contribution in [0.4, 0.5) is 0 Å². The van der Waals surface area contributed by atoms with Crippen LogP contribution in [0.15, 0.2) is 5.16 Å². The van der Waals surface area contributed by atoms with E-state index in [0.29, 0.717) is 18.2 Å². The molecule has 0 aromatic carbocycles. The number of nitrogens with one attached hydrogen (secondary N) is 1. The average Bonchev–Trinajstić information content (AvgIpc) is 2.51. The van der Waals surface area contributed by atoms with Crippen molar-refractivity contribution in [2.24, 2.45) is 5.92 Å². The van der Waals surface area contributed by atoms with Crippen molar-refractivity contribution in [1.29, 1.82) is 0 Å². The van der Waals surface area contributed by atoms with E-state index in [1.807, 2.05) is 0 Å². The maximum atomic E-state index is 10.8. The maximum absolute atomic E-state index is 10.8. The molecule has 0 radical (unpaired) electrons. The SMILES string of the molecule is CCC(C)Cc1nc(S(=O)(=O)Cl)n[nH]1. The van der Waals surface area contributed by atoms with Crippen molar-refractivity contribution in [3.63, 3.8) is 0 Å². The minimum absolute atomic E-state index is 0.350. The smallest absolute Gasteiger partial charge is 0.262 e. The normalized spacial score (nSPS) is 14.2. The van der Waals surface area contributed by atoms with Gasteiger partial charge in [0.1, 0.15) is 5.82 Å². The number of hydrogen-bond acceptors (Lipinski definition) is 4. The molecule has 1 aromatic heterocycles. The van der Waals surface area contributed by atoms with Crippen LogP contribution < -0.4 is 0 Å². The summed E-state index contributed by atoms with van der Waals surface area (Å²) in [4.78, 5) is 3.78. The number of halogens is 1. The van der Waals surface area contributed by atoms with Gasteiger partial charge in [-0.25, -0.2) is 13.4 Å². The highest BCUT2D eigenvalue weighted by Gasteiger charge is 2.17. The molecule has 0 saturated heterocycles. The Morgan fingerprint density at radius 3 is 2.64 bits per heavy atom. The number of H-pyrrole nitrogens is 1. The third-order valence-corrected chi connectivity index (χ3v) is 3.00. The molecule has 0 aliphatic heterocycles. The van der Waals surface area contributed by atoms with E-state index in [0.717, 1.165) is 6.42 Å². The Morgan fingerprint density at radius 2 is 2.21 bits per heavy atom. The van der Waals surface area contributed by atoms with Gasteiger partial charge in [-0.05, 0) is 5.92 Å². The van der Waals surface area contributed by atoms with Crippen LogP contribution in [0.5, 0.6) is 0 Å². The van der Waals surface area contributed by atoms with Gasteiger partial charge in [0.15, 0.2) is 0 Å². The minimum atomic E-state index is -3.81. The first-order valence-corrected chi connectivity index (χ1v) is 6.60. The lowest BCUT2D eigenvalue weighted by atomic mass is 10.1. The quantitative estimate of drug-likeness (QED) is 0.802. The summed E-state index contributed by atoms with van der Waals surface area (Å²) >= 11 is 0. The molecular weight excluding hydrogens is 226 g/mol. The van der Waals surface area contributed by atoms with Crippen LogP contribution in [0, 0.1) is 5.92 Å². The van der Waals surface area contributed by atoms with E-state index in [1.54, 1.807) is 0 Å². The van der Waals surface area contributed by atoms with E-state index in [9.17, 15) is 8.42 Å². The molecule has 0 fully saturated rings. The second kappa shape index (κ2) is 4.27. The third-order valence-electron chi connectivity index (χ3n) is 1.97. The van der Waals surface area contributed by atoms with Gasteiger partial charge < -0.3 is 0 Å². The van der Waals surface area contributed by atoms with Crippen molar-refractivity contribution >= 4 is 19.7 Å². The van der Waals surface area contributed by atoms with Gasteiger partial charge in [-0.2, -0.15) is 0 Å². The van der Waals surface area contributed by atoms with Crippen molar-refractivity contribution in [1.82, 2.24) is 15.2 Å². The molecule has 0 bridgehead atoms. The van der Waals surface area contributed by atoms with Crippen LogP contribution in [0.3, 0.4) is 0 Å². The molecule has 1 unspecified atom stereocenters. The van der Waals surface area contributed by atoms with Crippen molar-refractivity contribution in [2.75, 3.05) is 0 Å². The summed E-state index contributed by atoms with van der Waals surface area (Å²) in [6.07, 6.45) is 1.68. The van der Waals surface area contributed by atoms with Gasteiger partial charge in [0.2, 0.25) is 0 Å². The lowest BCUT2D eigenvalue weighted by Crippen LogP contribution is -2.00. The van der Waals surface area contributed by atoms with Crippen LogP contribution in [-0.4, -0.2) is 23.6 Å². The second-order valence-corrected chi connectivity index (χ2v) is 5.68. The molecule has 0 saturated carbocycles. The van der Waals surface area contributed by atoms with E-state index < -0.39 is 9.05 Å². The summed E-state index contributed by atoms with van der Waals surface area (Å²) < 4.78 is 21.6. The predicted octanol–water partition coefficient (Wildman–Crippen LogP) is 1.32. The van der Waals surface area contributed by atoms with Crippen molar-refractivity contribution < 1.29 is 8.42 Å². The lowest BCUT2D eigenvalue weighted by Gasteiger charge is -2.03. The van der Waals surface area contributed by atoms with E-state index in [1.165, 1.54) is 0 Å². The molecule has 14 heavy (non-hydrogen) atoms. The number of hydrogen-bond donors (Lipinski definition) is 1. The van der Waals surface area contributed by atoms with Crippen LogP contribution in [0.2, 0.25) is 0 Å². The Morgan fingerprint density at radius 1 is 1.57 bits per heavy atom. The number of nitrogens with zero attached hydrogens (tertiary/aromatic N) is 2. The Labute approximate surface area is 87.3 Å². The zero-order valence-corrected chi connectivity index (χ0v) is 9.56. The Balaban J connectivity index is 2.79. The molecule has 7 heteroatoms. The molecular formula is C7H12ClN3O2S. The highest BCUT2D eigenvalue weighted by molar-refractivity contribution is 8.13. The number of aromatic nitrogens is 3. The Kier molecular flexibility index (Phi) is 3.49. The molecule has 1 rings (SSSR count). The molecule has 5 nitrogen and oxygen atoms in total. The first-order chi connectivity index (χ1) is 6.43. The second-order valence-electron chi connectivity index (χ2n) is 3.22. The van der Waals surface area contributed by atoms with E-state index >= 15 is 0 Å². The summed E-state index contributed by atoms with van der Waals surface area (Å²) in [6.45, 7) is 4.11.